The van der Waals surface area contributed by atoms with Gasteiger partial charge in [-0.25, -0.2) is 13.1 Å². The van der Waals surface area contributed by atoms with E-state index in [1.54, 1.807) is 12.1 Å². The predicted molar refractivity (Wildman–Crippen MR) is 104 cm³/mol. The second-order valence-corrected chi connectivity index (χ2v) is 8.44. The summed E-state index contributed by atoms with van der Waals surface area (Å²) in [4.78, 5) is 0.358. The van der Waals surface area contributed by atoms with Crippen LogP contribution in [0.15, 0.2) is 41.3 Å². The van der Waals surface area contributed by atoms with Crippen molar-refractivity contribution >= 4 is 43.4 Å². The van der Waals surface area contributed by atoms with Crippen LogP contribution in [0.4, 0.5) is 0 Å². The summed E-state index contributed by atoms with van der Waals surface area (Å²) in [5.74, 6) is 0. The highest BCUT2D eigenvalue weighted by molar-refractivity contribution is 14.1. The summed E-state index contributed by atoms with van der Waals surface area (Å²) < 4.78 is 28.9. The standard InChI is InChI=1S/C17H23IN2O2S/c18-16-10-6-9-15-14(16)8-7-11-17(15)23(21,22)20-13-5-3-1-2-4-12-19/h6-11,20H,1-5,12-13,19H2. The highest BCUT2D eigenvalue weighted by atomic mass is 127. The van der Waals surface area contributed by atoms with E-state index >= 15 is 0 Å². The lowest BCUT2D eigenvalue weighted by molar-refractivity contribution is 0.570. The number of hydrogen-bond acceptors (Lipinski definition) is 3. The van der Waals surface area contributed by atoms with Crippen molar-refractivity contribution in [2.45, 2.75) is 37.0 Å². The van der Waals surface area contributed by atoms with Crippen molar-refractivity contribution in [1.82, 2.24) is 4.72 Å². The summed E-state index contributed by atoms with van der Waals surface area (Å²) in [5.41, 5.74) is 5.45. The van der Waals surface area contributed by atoms with Gasteiger partial charge in [0.15, 0.2) is 0 Å². The number of unbranched alkanes of at least 4 members (excludes halogenated alkanes) is 4. The van der Waals surface area contributed by atoms with E-state index in [0.717, 1.165) is 53.0 Å². The van der Waals surface area contributed by atoms with E-state index < -0.39 is 10.0 Å². The second kappa shape index (κ2) is 8.96. The summed E-state index contributed by atoms with van der Waals surface area (Å²) in [6.45, 7) is 1.21. The lowest BCUT2D eigenvalue weighted by Gasteiger charge is -2.10. The van der Waals surface area contributed by atoms with Crippen LogP contribution in [0.5, 0.6) is 0 Å². The summed E-state index contributed by atoms with van der Waals surface area (Å²) in [6, 6.07) is 11.1. The number of fused-ring (bicyclic) bond motifs is 1. The van der Waals surface area contributed by atoms with Crippen molar-refractivity contribution in [1.29, 1.82) is 0 Å². The van der Waals surface area contributed by atoms with Crippen LogP contribution in [0.2, 0.25) is 0 Å². The van der Waals surface area contributed by atoms with Crippen LogP contribution in [0.25, 0.3) is 10.8 Å². The molecular weight excluding hydrogens is 423 g/mol. The summed E-state index contributed by atoms with van der Waals surface area (Å²) in [6.07, 6.45) is 5.14. The molecule has 2 aromatic rings. The Hall–Kier alpha value is -0.700. The van der Waals surface area contributed by atoms with E-state index in [4.69, 9.17) is 5.73 Å². The molecule has 0 radical (unpaired) electrons. The van der Waals surface area contributed by atoms with Gasteiger partial charge in [0.25, 0.3) is 0 Å². The van der Waals surface area contributed by atoms with E-state index in [2.05, 4.69) is 27.3 Å². The van der Waals surface area contributed by atoms with Gasteiger partial charge in [-0.2, -0.15) is 0 Å². The first-order chi connectivity index (χ1) is 11.1. The third-order valence-corrected chi connectivity index (χ3v) is 6.25. The minimum absolute atomic E-state index is 0.358. The van der Waals surface area contributed by atoms with Gasteiger partial charge < -0.3 is 5.73 Å². The van der Waals surface area contributed by atoms with Crippen LogP contribution >= 0.6 is 22.6 Å². The van der Waals surface area contributed by atoms with E-state index in [0.29, 0.717) is 11.4 Å². The Morgan fingerprint density at radius 3 is 2.35 bits per heavy atom. The summed E-state index contributed by atoms with van der Waals surface area (Å²) in [5, 5.41) is 1.74. The molecule has 0 aliphatic rings. The molecule has 0 bridgehead atoms. The number of rotatable bonds is 9. The first-order valence-corrected chi connectivity index (χ1v) is 10.5. The number of nitrogens with one attached hydrogen (secondary N) is 1. The third kappa shape index (κ3) is 5.14. The fourth-order valence-electron chi connectivity index (χ4n) is 2.56. The number of halogens is 1. The Balaban J connectivity index is 2.02. The van der Waals surface area contributed by atoms with Crippen molar-refractivity contribution in [3.05, 3.63) is 40.0 Å². The highest BCUT2D eigenvalue weighted by Gasteiger charge is 2.17. The van der Waals surface area contributed by atoms with Gasteiger partial charge >= 0.3 is 0 Å². The molecule has 0 saturated carbocycles. The van der Waals surface area contributed by atoms with Gasteiger partial charge in [0, 0.05) is 15.5 Å². The van der Waals surface area contributed by atoms with Crippen molar-refractivity contribution in [3.8, 4) is 0 Å². The molecule has 0 atom stereocenters. The van der Waals surface area contributed by atoms with Gasteiger partial charge in [-0.3, -0.25) is 0 Å². The molecule has 4 nitrogen and oxygen atoms in total. The number of sulfonamides is 1. The molecule has 0 saturated heterocycles. The molecule has 2 aromatic carbocycles. The molecule has 23 heavy (non-hydrogen) atoms. The van der Waals surface area contributed by atoms with Crippen LogP contribution in [0.3, 0.4) is 0 Å². The molecule has 3 N–H and O–H groups in total. The third-order valence-electron chi connectivity index (χ3n) is 3.79. The maximum Gasteiger partial charge on any atom is 0.241 e. The minimum atomic E-state index is -3.47. The zero-order valence-corrected chi connectivity index (χ0v) is 16.1. The molecule has 0 spiro atoms. The lowest BCUT2D eigenvalue weighted by Crippen LogP contribution is -2.25. The molecular formula is C17H23IN2O2S. The number of nitrogens with two attached hydrogens (primary N) is 1. The molecule has 0 unspecified atom stereocenters. The molecule has 2 rings (SSSR count). The van der Waals surface area contributed by atoms with Gasteiger partial charge in [-0.15, -0.1) is 0 Å². The van der Waals surface area contributed by atoms with Gasteiger partial charge in [0.1, 0.15) is 0 Å². The van der Waals surface area contributed by atoms with Crippen LogP contribution in [0, 0.1) is 3.57 Å². The fourth-order valence-corrected chi connectivity index (χ4v) is 4.53. The van der Waals surface area contributed by atoms with Gasteiger partial charge in [0.2, 0.25) is 10.0 Å². The Morgan fingerprint density at radius 1 is 0.913 bits per heavy atom. The predicted octanol–water partition coefficient (Wildman–Crippen LogP) is 3.63. The molecule has 0 heterocycles. The number of hydrogen-bond donors (Lipinski definition) is 2. The van der Waals surface area contributed by atoms with Crippen molar-refractivity contribution in [2.75, 3.05) is 13.1 Å². The summed E-state index contributed by atoms with van der Waals surface area (Å²) >= 11 is 2.23. The average molecular weight is 446 g/mol. The lowest BCUT2D eigenvalue weighted by atomic mass is 10.1. The molecule has 0 aliphatic heterocycles. The maximum atomic E-state index is 12.6. The van der Waals surface area contributed by atoms with Crippen LogP contribution in [0.1, 0.15) is 32.1 Å². The Kier molecular flexibility index (Phi) is 7.26. The maximum absolute atomic E-state index is 12.6. The van der Waals surface area contributed by atoms with Gasteiger partial charge in [0.05, 0.1) is 4.90 Å². The first-order valence-electron chi connectivity index (χ1n) is 7.93. The molecule has 0 aromatic heterocycles. The highest BCUT2D eigenvalue weighted by Crippen LogP contribution is 2.26. The monoisotopic (exact) mass is 446 g/mol. The minimum Gasteiger partial charge on any atom is -0.330 e. The molecule has 0 aliphatic carbocycles. The first kappa shape index (κ1) is 18.6. The van der Waals surface area contributed by atoms with Crippen molar-refractivity contribution < 1.29 is 8.42 Å². The van der Waals surface area contributed by atoms with Crippen LogP contribution in [-0.4, -0.2) is 21.5 Å². The second-order valence-electron chi connectivity index (χ2n) is 5.55. The summed E-state index contributed by atoms with van der Waals surface area (Å²) in [7, 11) is -3.47. The van der Waals surface area contributed by atoms with Crippen LogP contribution in [-0.2, 0) is 10.0 Å². The Bertz CT molecular complexity index is 747. The van der Waals surface area contributed by atoms with Crippen molar-refractivity contribution in [2.24, 2.45) is 5.73 Å². The zero-order chi connectivity index (χ0) is 16.7. The fraction of sp³-hybridized carbons (Fsp3) is 0.412. The molecule has 6 heteroatoms. The Morgan fingerprint density at radius 2 is 1.57 bits per heavy atom. The normalized spacial score (nSPS) is 11.9. The molecule has 0 fully saturated rings. The van der Waals surface area contributed by atoms with Gasteiger partial charge in [-0.1, -0.05) is 43.5 Å². The zero-order valence-electron chi connectivity index (χ0n) is 13.1. The van der Waals surface area contributed by atoms with E-state index in [1.165, 1.54) is 0 Å². The van der Waals surface area contributed by atoms with E-state index in [-0.39, 0.29) is 0 Å². The quantitative estimate of drug-likeness (QED) is 0.457. The van der Waals surface area contributed by atoms with E-state index in [9.17, 15) is 8.42 Å². The average Bonchev–Trinajstić information content (AvgIpc) is 2.54. The smallest absolute Gasteiger partial charge is 0.241 e. The SMILES string of the molecule is NCCCCCCCNS(=O)(=O)c1cccc2c(I)cccc12. The van der Waals surface area contributed by atoms with Gasteiger partial charge in [-0.05, 0) is 59.5 Å². The Labute approximate surface area is 152 Å². The van der Waals surface area contributed by atoms with E-state index in [1.807, 2.05) is 24.3 Å². The molecule has 0 amide bonds. The van der Waals surface area contributed by atoms with Crippen LogP contribution < -0.4 is 10.5 Å². The molecule has 126 valence electrons. The van der Waals surface area contributed by atoms with Crippen molar-refractivity contribution in [3.63, 3.8) is 0 Å². The largest absolute Gasteiger partial charge is 0.330 e. The number of benzene rings is 2. The topological polar surface area (TPSA) is 72.2 Å².